The number of aryl methyl sites for hydroxylation is 1. The Labute approximate surface area is 181 Å². The Balaban J connectivity index is 1.75. The van der Waals surface area contributed by atoms with Crippen molar-refractivity contribution in [1.82, 2.24) is 5.32 Å². The van der Waals surface area contributed by atoms with E-state index in [9.17, 15) is 14.4 Å². The van der Waals surface area contributed by atoms with Gasteiger partial charge in [-0.3, -0.25) is 9.59 Å². The van der Waals surface area contributed by atoms with Crippen LogP contribution < -0.4 is 16.0 Å². The normalized spacial score (nSPS) is 10.8. The third-order valence-electron chi connectivity index (χ3n) is 3.77. The third kappa shape index (κ3) is 8.96. The van der Waals surface area contributed by atoms with E-state index < -0.39 is 11.7 Å². The molecule has 0 saturated heterocycles. The summed E-state index contributed by atoms with van der Waals surface area (Å²) in [7, 11) is 0. The molecule has 2 rings (SSSR count). The van der Waals surface area contributed by atoms with Crippen LogP contribution in [0.3, 0.4) is 0 Å². The molecule has 2 aromatic carbocycles. The van der Waals surface area contributed by atoms with Gasteiger partial charge in [0.05, 0.1) is 0 Å². The van der Waals surface area contributed by atoms with Gasteiger partial charge in [0.15, 0.2) is 0 Å². The van der Waals surface area contributed by atoms with E-state index in [1.165, 1.54) is 0 Å². The molecule has 30 heavy (non-hydrogen) atoms. The van der Waals surface area contributed by atoms with Gasteiger partial charge in [0, 0.05) is 22.8 Å². The number of halogens is 1. The summed E-state index contributed by atoms with van der Waals surface area (Å²) in [4.78, 5) is 35.6. The zero-order valence-corrected chi connectivity index (χ0v) is 18.0. The van der Waals surface area contributed by atoms with Crippen molar-refractivity contribution < 1.29 is 19.1 Å². The van der Waals surface area contributed by atoms with E-state index in [0.29, 0.717) is 29.2 Å². The molecule has 0 atom stereocenters. The summed E-state index contributed by atoms with van der Waals surface area (Å²) in [6.07, 6.45) is 0.258. The van der Waals surface area contributed by atoms with Crippen LogP contribution in [0.25, 0.3) is 0 Å². The van der Waals surface area contributed by atoms with Crippen molar-refractivity contribution in [2.75, 3.05) is 17.2 Å². The zero-order valence-electron chi connectivity index (χ0n) is 17.3. The Morgan fingerprint density at radius 3 is 2.10 bits per heavy atom. The lowest BCUT2D eigenvalue weighted by molar-refractivity contribution is -0.116. The molecule has 0 unspecified atom stereocenters. The summed E-state index contributed by atoms with van der Waals surface area (Å²) in [5.74, 6) is -0.507. The van der Waals surface area contributed by atoms with Crippen LogP contribution in [0.1, 0.15) is 32.8 Å². The first-order valence-electron chi connectivity index (χ1n) is 9.52. The number of alkyl carbamates (subject to hydrolysis) is 1. The van der Waals surface area contributed by atoms with Crippen LogP contribution in [0, 0.1) is 0 Å². The lowest BCUT2D eigenvalue weighted by Crippen LogP contribution is -2.37. The van der Waals surface area contributed by atoms with Gasteiger partial charge in [-0.05, 0) is 69.2 Å². The molecule has 0 radical (unpaired) electrons. The van der Waals surface area contributed by atoms with Gasteiger partial charge in [0.1, 0.15) is 12.1 Å². The second-order valence-electron chi connectivity index (χ2n) is 7.66. The summed E-state index contributed by atoms with van der Waals surface area (Å²) < 4.78 is 5.07. The first-order valence-corrected chi connectivity index (χ1v) is 9.89. The van der Waals surface area contributed by atoms with Crippen LogP contribution in [0.2, 0.25) is 5.02 Å². The number of carbonyl (C=O) groups is 3. The van der Waals surface area contributed by atoms with Crippen molar-refractivity contribution in [1.29, 1.82) is 0 Å². The standard InChI is InChI=1S/C22H26ClN3O4/c1-22(2,3)30-21(29)24-14-20(28)26-18-10-8-17(9-11-18)25-19(27)12-7-15-5-4-6-16(23)13-15/h4-6,8-11,13H,7,12,14H2,1-3H3,(H,24,29)(H,25,27)(H,26,28). The van der Waals surface area contributed by atoms with Gasteiger partial charge in [0.2, 0.25) is 11.8 Å². The minimum atomic E-state index is -0.659. The number of benzene rings is 2. The second kappa shape index (κ2) is 10.6. The maximum absolute atomic E-state index is 12.1. The number of anilines is 2. The first kappa shape index (κ1) is 23.2. The summed E-state index contributed by atoms with van der Waals surface area (Å²) in [5.41, 5.74) is 1.53. The summed E-state index contributed by atoms with van der Waals surface area (Å²) in [6, 6.07) is 14.1. The quantitative estimate of drug-likeness (QED) is 0.606. The van der Waals surface area contributed by atoms with Crippen LogP contribution in [0.15, 0.2) is 48.5 Å². The van der Waals surface area contributed by atoms with Crippen molar-refractivity contribution in [2.45, 2.75) is 39.2 Å². The molecule has 7 nitrogen and oxygen atoms in total. The Morgan fingerprint density at radius 1 is 0.933 bits per heavy atom. The van der Waals surface area contributed by atoms with Crippen molar-refractivity contribution in [2.24, 2.45) is 0 Å². The van der Waals surface area contributed by atoms with Gasteiger partial charge in [-0.2, -0.15) is 0 Å². The molecule has 0 aromatic heterocycles. The Kier molecular flexibility index (Phi) is 8.24. The van der Waals surface area contributed by atoms with E-state index in [-0.39, 0.29) is 18.4 Å². The Hall–Kier alpha value is -3.06. The number of ether oxygens (including phenoxy) is 1. The molecule has 3 N–H and O–H groups in total. The molecule has 3 amide bonds. The third-order valence-corrected chi connectivity index (χ3v) is 4.01. The second-order valence-corrected chi connectivity index (χ2v) is 8.10. The van der Waals surface area contributed by atoms with E-state index in [2.05, 4.69) is 16.0 Å². The highest BCUT2D eigenvalue weighted by Crippen LogP contribution is 2.15. The summed E-state index contributed by atoms with van der Waals surface area (Å²) in [6.45, 7) is 5.01. The fraction of sp³-hybridized carbons (Fsp3) is 0.318. The van der Waals surface area contributed by atoms with Gasteiger partial charge in [0.25, 0.3) is 0 Å². The molecule has 0 aliphatic rings. The first-order chi connectivity index (χ1) is 14.1. The number of nitrogens with one attached hydrogen (secondary N) is 3. The minimum absolute atomic E-state index is 0.117. The van der Waals surface area contributed by atoms with Crippen LogP contribution in [0.5, 0.6) is 0 Å². The molecule has 0 aliphatic carbocycles. The highest BCUT2D eigenvalue weighted by atomic mass is 35.5. The average Bonchev–Trinajstić information content (AvgIpc) is 2.65. The molecule has 0 spiro atoms. The molecule has 2 aromatic rings. The fourth-order valence-electron chi connectivity index (χ4n) is 2.48. The van der Waals surface area contributed by atoms with Gasteiger partial charge in [-0.15, -0.1) is 0 Å². The molecule has 0 aliphatic heterocycles. The Morgan fingerprint density at radius 2 is 1.53 bits per heavy atom. The topological polar surface area (TPSA) is 96.5 Å². The van der Waals surface area contributed by atoms with Gasteiger partial charge in [-0.1, -0.05) is 23.7 Å². The molecule has 0 fully saturated rings. The smallest absolute Gasteiger partial charge is 0.408 e. The number of hydrogen-bond acceptors (Lipinski definition) is 4. The van der Waals surface area contributed by atoms with Crippen LogP contribution in [0.4, 0.5) is 16.2 Å². The molecule has 0 heterocycles. The highest BCUT2D eigenvalue weighted by Gasteiger charge is 2.16. The summed E-state index contributed by atoms with van der Waals surface area (Å²) >= 11 is 5.94. The van der Waals surface area contributed by atoms with Crippen LogP contribution >= 0.6 is 11.6 Å². The molecule has 8 heteroatoms. The van der Waals surface area contributed by atoms with Crippen LogP contribution in [-0.4, -0.2) is 30.1 Å². The van der Waals surface area contributed by atoms with Crippen molar-refractivity contribution in [3.63, 3.8) is 0 Å². The molecule has 160 valence electrons. The lowest BCUT2D eigenvalue weighted by atomic mass is 10.1. The van der Waals surface area contributed by atoms with E-state index in [4.69, 9.17) is 16.3 Å². The monoisotopic (exact) mass is 431 g/mol. The van der Waals surface area contributed by atoms with Crippen molar-refractivity contribution in [3.8, 4) is 0 Å². The molecular formula is C22H26ClN3O4. The molecule has 0 bridgehead atoms. The van der Waals surface area contributed by atoms with E-state index in [1.807, 2.05) is 18.2 Å². The average molecular weight is 432 g/mol. The largest absolute Gasteiger partial charge is 0.444 e. The lowest BCUT2D eigenvalue weighted by Gasteiger charge is -2.19. The van der Waals surface area contributed by atoms with Gasteiger partial charge in [-0.25, -0.2) is 4.79 Å². The van der Waals surface area contributed by atoms with E-state index in [1.54, 1.807) is 51.1 Å². The van der Waals surface area contributed by atoms with E-state index in [0.717, 1.165) is 5.56 Å². The SMILES string of the molecule is CC(C)(C)OC(=O)NCC(=O)Nc1ccc(NC(=O)CCc2cccc(Cl)c2)cc1. The van der Waals surface area contributed by atoms with Crippen LogP contribution in [-0.2, 0) is 20.7 Å². The zero-order chi connectivity index (χ0) is 22.1. The number of carbonyl (C=O) groups excluding carboxylic acids is 3. The Bertz CT molecular complexity index is 892. The number of amides is 3. The predicted molar refractivity (Wildman–Crippen MR) is 118 cm³/mol. The number of rotatable bonds is 7. The number of hydrogen-bond donors (Lipinski definition) is 3. The minimum Gasteiger partial charge on any atom is -0.444 e. The van der Waals surface area contributed by atoms with Gasteiger partial charge < -0.3 is 20.7 Å². The van der Waals surface area contributed by atoms with E-state index >= 15 is 0 Å². The van der Waals surface area contributed by atoms with Gasteiger partial charge >= 0.3 is 6.09 Å². The summed E-state index contributed by atoms with van der Waals surface area (Å²) in [5, 5.41) is 8.50. The highest BCUT2D eigenvalue weighted by molar-refractivity contribution is 6.30. The molecule has 0 saturated carbocycles. The predicted octanol–water partition coefficient (Wildman–Crippen LogP) is 4.37. The maximum atomic E-state index is 12.1. The van der Waals surface area contributed by atoms with Crippen molar-refractivity contribution in [3.05, 3.63) is 59.1 Å². The fourth-order valence-corrected chi connectivity index (χ4v) is 2.70. The molecular weight excluding hydrogens is 406 g/mol. The van der Waals surface area contributed by atoms with Crippen molar-refractivity contribution >= 4 is 40.9 Å². The maximum Gasteiger partial charge on any atom is 0.408 e.